The summed E-state index contributed by atoms with van der Waals surface area (Å²) in [4.78, 5) is 4.83. The van der Waals surface area contributed by atoms with Crippen molar-refractivity contribution >= 4 is 34.7 Å². The summed E-state index contributed by atoms with van der Waals surface area (Å²) < 4.78 is 5.23. The summed E-state index contributed by atoms with van der Waals surface area (Å²) >= 11 is 0. The molecule has 1 aliphatic rings. The maximum Gasteiger partial charge on any atom is 0.119 e. The van der Waals surface area contributed by atoms with Crippen LogP contribution in [0.4, 0.5) is 11.4 Å². The second kappa shape index (κ2) is 6.47. The van der Waals surface area contributed by atoms with Crippen molar-refractivity contribution in [1.82, 2.24) is 4.98 Å². The number of halogens is 1. The molecule has 0 bridgehead atoms. The van der Waals surface area contributed by atoms with Crippen LogP contribution in [0, 0.1) is 0 Å². The minimum atomic E-state index is 0. The van der Waals surface area contributed by atoms with Gasteiger partial charge >= 0.3 is 0 Å². The van der Waals surface area contributed by atoms with E-state index in [-0.39, 0.29) is 12.4 Å². The van der Waals surface area contributed by atoms with Gasteiger partial charge in [-0.25, -0.2) is 0 Å². The molecule has 0 saturated carbocycles. The maximum absolute atomic E-state index is 5.23. The summed E-state index contributed by atoms with van der Waals surface area (Å²) in [6, 6.07) is 16.4. The van der Waals surface area contributed by atoms with Crippen LogP contribution in [0.25, 0.3) is 10.9 Å². The zero-order valence-electron chi connectivity index (χ0n) is 13.0. The molecule has 118 valence electrons. The van der Waals surface area contributed by atoms with Crippen LogP contribution in [0.5, 0.6) is 5.75 Å². The van der Waals surface area contributed by atoms with Crippen molar-refractivity contribution in [3.05, 3.63) is 59.8 Å². The molecule has 3 nitrogen and oxygen atoms in total. The van der Waals surface area contributed by atoms with Crippen molar-refractivity contribution in [3.63, 3.8) is 0 Å². The van der Waals surface area contributed by atoms with Crippen LogP contribution in [-0.4, -0.2) is 12.1 Å². The first-order valence-corrected chi connectivity index (χ1v) is 7.67. The van der Waals surface area contributed by atoms with E-state index in [0.29, 0.717) is 0 Å². The summed E-state index contributed by atoms with van der Waals surface area (Å²) in [7, 11) is 1.69. The highest BCUT2D eigenvalue weighted by Crippen LogP contribution is 2.35. The second-order valence-corrected chi connectivity index (χ2v) is 5.64. The molecule has 0 fully saturated rings. The van der Waals surface area contributed by atoms with Gasteiger partial charge in [0.15, 0.2) is 0 Å². The number of rotatable bonds is 3. The Morgan fingerprint density at radius 2 is 1.78 bits per heavy atom. The average molecular weight is 327 g/mol. The minimum absolute atomic E-state index is 0. The number of nitrogens with zero attached hydrogens (tertiary/aromatic N) is 1. The maximum atomic E-state index is 5.23. The number of hydrogen-bond donors (Lipinski definition) is 1. The lowest BCUT2D eigenvalue weighted by Gasteiger charge is -2.15. The van der Waals surface area contributed by atoms with Gasteiger partial charge in [0.2, 0.25) is 0 Å². The van der Waals surface area contributed by atoms with Crippen molar-refractivity contribution in [2.75, 3.05) is 12.4 Å². The van der Waals surface area contributed by atoms with E-state index in [1.807, 2.05) is 18.2 Å². The number of methoxy groups -OCH3 is 1. The molecule has 0 atom stereocenters. The van der Waals surface area contributed by atoms with Gasteiger partial charge in [0.25, 0.3) is 0 Å². The topological polar surface area (TPSA) is 34.1 Å². The van der Waals surface area contributed by atoms with E-state index in [4.69, 9.17) is 9.72 Å². The van der Waals surface area contributed by atoms with E-state index in [2.05, 4.69) is 35.6 Å². The number of para-hydroxylation sites is 1. The van der Waals surface area contributed by atoms with Crippen molar-refractivity contribution in [2.24, 2.45) is 0 Å². The SMILES string of the molecule is COc1ccc(Nc2c3c(nc4ccccc24)CCC3)cc1.Cl. The van der Waals surface area contributed by atoms with Crippen LogP contribution < -0.4 is 10.1 Å². The number of hydrogen-bond acceptors (Lipinski definition) is 3. The Morgan fingerprint density at radius 3 is 2.57 bits per heavy atom. The van der Waals surface area contributed by atoms with Gasteiger partial charge in [0.1, 0.15) is 5.75 Å². The number of fused-ring (bicyclic) bond motifs is 2. The van der Waals surface area contributed by atoms with Crippen molar-refractivity contribution < 1.29 is 4.74 Å². The Morgan fingerprint density at radius 1 is 1.00 bits per heavy atom. The average Bonchev–Trinajstić information content (AvgIpc) is 3.03. The third-order valence-corrected chi connectivity index (χ3v) is 4.28. The van der Waals surface area contributed by atoms with Crippen LogP contribution in [0.3, 0.4) is 0 Å². The number of ether oxygens (including phenoxy) is 1. The van der Waals surface area contributed by atoms with Gasteiger partial charge in [0.05, 0.1) is 18.3 Å². The van der Waals surface area contributed by atoms with Gasteiger partial charge in [0, 0.05) is 16.8 Å². The Bertz CT molecular complexity index is 831. The van der Waals surface area contributed by atoms with Gasteiger partial charge in [-0.05, 0) is 55.2 Å². The highest BCUT2D eigenvalue weighted by Gasteiger charge is 2.19. The standard InChI is InChI=1S/C19H18N2O.ClH/c1-22-14-11-9-13(10-12-14)20-19-15-5-2-3-7-17(15)21-18-8-4-6-16(18)19;/h2-3,5,7,9-12H,4,6,8H2,1H3,(H,20,21);1H. The summed E-state index contributed by atoms with van der Waals surface area (Å²) in [6.07, 6.45) is 3.37. The van der Waals surface area contributed by atoms with E-state index < -0.39 is 0 Å². The normalized spacial score (nSPS) is 12.6. The van der Waals surface area contributed by atoms with Gasteiger partial charge in [-0.15, -0.1) is 12.4 Å². The fourth-order valence-corrected chi connectivity index (χ4v) is 3.17. The molecule has 1 N–H and O–H groups in total. The summed E-state index contributed by atoms with van der Waals surface area (Å²) in [5, 5.41) is 4.80. The lowest BCUT2D eigenvalue weighted by atomic mass is 10.1. The van der Waals surface area contributed by atoms with Crippen molar-refractivity contribution in [3.8, 4) is 5.75 Å². The first-order chi connectivity index (χ1) is 10.8. The summed E-state index contributed by atoms with van der Waals surface area (Å²) in [5.74, 6) is 0.871. The molecular formula is C19H19ClN2O. The lowest BCUT2D eigenvalue weighted by molar-refractivity contribution is 0.415. The number of pyridine rings is 1. The van der Waals surface area contributed by atoms with E-state index in [9.17, 15) is 0 Å². The first kappa shape index (κ1) is 15.6. The van der Waals surface area contributed by atoms with Crippen molar-refractivity contribution in [1.29, 1.82) is 0 Å². The number of benzene rings is 2. The van der Waals surface area contributed by atoms with Crippen LogP contribution in [0.15, 0.2) is 48.5 Å². The molecule has 0 aliphatic heterocycles. The summed E-state index contributed by atoms with van der Waals surface area (Å²) in [5.41, 5.74) is 5.97. The molecule has 0 spiro atoms. The number of aromatic nitrogens is 1. The largest absolute Gasteiger partial charge is 0.497 e. The Kier molecular flexibility index (Phi) is 4.39. The predicted octanol–water partition coefficient (Wildman–Crippen LogP) is 4.90. The molecule has 1 aromatic heterocycles. The number of nitrogens with one attached hydrogen (secondary N) is 1. The second-order valence-electron chi connectivity index (χ2n) is 5.64. The van der Waals surface area contributed by atoms with Crippen molar-refractivity contribution in [2.45, 2.75) is 19.3 Å². The molecule has 1 aliphatic carbocycles. The van der Waals surface area contributed by atoms with Crippen LogP contribution in [0.2, 0.25) is 0 Å². The molecule has 2 aromatic carbocycles. The molecule has 1 heterocycles. The molecule has 0 saturated heterocycles. The lowest BCUT2D eigenvalue weighted by Crippen LogP contribution is -1.99. The number of anilines is 2. The molecule has 3 aromatic rings. The Labute approximate surface area is 142 Å². The fourth-order valence-electron chi connectivity index (χ4n) is 3.17. The molecule has 4 rings (SSSR count). The third-order valence-electron chi connectivity index (χ3n) is 4.28. The molecule has 0 amide bonds. The zero-order chi connectivity index (χ0) is 14.9. The first-order valence-electron chi connectivity index (χ1n) is 7.67. The van der Waals surface area contributed by atoms with E-state index in [0.717, 1.165) is 29.8 Å². The Hall–Kier alpha value is -2.26. The molecule has 0 radical (unpaired) electrons. The highest BCUT2D eigenvalue weighted by molar-refractivity contribution is 5.95. The predicted molar refractivity (Wildman–Crippen MR) is 97.3 cm³/mol. The van der Waals surface area contributed by atoms with Gasteiger partial charge < -0.3 is 10.1 Å². The molecule has 0 unspecified atom stereocenters. The van der Waals surface area contributed by atoms with Crippen LogP contribution in [-0.2, 0) is 12.8 Å². The van der Waals surface area contributed by atoms with Gasteiger partial charge in [-0.3, -0.25) is 4.98 Å². The van der Waals surface area contributed by atoms with Gasteiger partial charge in [-0.1, -0.05) is 18.2 Å². The monoisotopic (exact) mass is 326 g/mol. The number of aryl methyl sites for hydroxylation is 1. The third kappa shape index (κ3) is 2.84. The Balaban J connectivity index is 0.00000156. The summed E-state index contributed by atoms with van der Waals surface area (Å²) in [6.45, 7) is 0. The highest BCUT2D eigenvalue weighted by atomic mass is 35.5. The zero-order valence-corrected chi connectivity index (χ0v) is 13.8. The minimum Gasteiger partial charge on any atom is -0.497 e. The van der Waals surface area contributed by atoms with Crippen LogP contribution >= 0.6 is 12.4 Å². The molecule has 4 heteroatoms. The quantitative estimate of drug-likeness (QED) is 0.743. The fraction of sp³-hybridized carbons (Fsp3) is 0.211. The van der Waals surface area contributed by atoms with Gasteiger partial charge in [-0.2, -0.15) is 0 Å². The smallest absolute Gasteiger partial charge is 0.119 e. The van der Waals surface area contributed by atoms with E-state index >= 15 is 0 Å². The molecule has 23 heavy (non-hydrogen) atoms. The van der Waals surface area contributed by atoms with Crippen LogP contribution in [0.1, 0.15) is 17.7 Å². The van der Waals surface area contributed by atoms with E-state index in [1.165, 1.54) is 28.8 Å². The van der Waals surface area contributed by atoms with E-state index in [1.54, 1.807) is 7.11 Å². The molecular weight excluding hydrogens is 308 g/mol.